The van der Waals surface area contributed by atoms with Crippen molar-refractivity contribution in [1.82, 2.24) is 15.4 Å². The number of benzene rings is 1. The van der Waals surface area contributed by atoms with Crippen molar-refractivity contribution in [3.05, 3.63) is 53.4 Å². The van der Waals surface area contributed by atoms with E-state index in [1.54, 1.807) is 17.5 Å². The molecule has 25 heavy (non-hydrogen) atoms. The van der Waals surface area contributed by atoms with E-state index in [0.29, 0.717) is 16.7 Å². The van der Waals surface area contributed by atoms with Crippen molar-refractivity contribution in [1.29, 1.82) is 0 Å². The smallest absolute Gasteiger partial charge is 0.250 e. The van der Waals surface area contributed by atoms with Gasteiger partial charge in [0.25, 0.3) is 0 Å². The number of aliphatic imine (C=N–C) groups is 1. The van der Waals surface area contributed by atoms with E-state index in [2.05, 4.69) is 39.4 Å². The molecule has 0 saturated heterocycles. The molecular formula is C17H24N4O2S2. The van der Waals surface area contributed by atoms with Gasteiger partial charge < -0.3 is 10.6 Å². The summed E-state index contributed by atoms with van der Waals surface area (Å²) in [7, 11) is -3.43. The molecule has 1 aromatic heterocycles. The van der Waals surface area contributed by atoms with Crippen LogP contribution < -0.4 is 15.4 Å². The lowest BCUT2D eigenvalue weighted by Gasteiger charge is -2.18. The molecule has 1 unspecified atom stereocenters. The molecule has 0 aliphatic rings. The average Bonchev–Trinajstić information content (AvgIpc) is 3.15. The first kappa shape index (κ1) is 19.4. The number of hydrogen-bond donors (Lipinski definition) is 3. The highest BCUT2D eigenvalue weighted by Crippen LogP contribution is 2.14. The van der Waals surface area contributed by atoms with Gasteiger partial charge in [-0.05, 0) is 30.9 Å². The van der Waals surface area contributed by atoms with Crippen LogP contribution in [0.4, 0.5) is 0 Å². The third-order valence-corrected chi connectivity index (χ3v) is 6.29. The number of nitrogens with one attached hydrogen (secondary N) is 3. The maximum atomic E-state index is 12.0. The maximum Gasteiger partial charge on any atom is 0.250 e. The minimum atomic E-state index is -3.43. The van der Waals surface area contributed by atoms with Gasteiger partial charge in [-0.3, -0.25) is 4.99 Å². The third kappa shape index (κ3) is 6.15. The van der Waals surface area contributed by atoms with Gasteiger partial charge in [0.15, 0.2) is 5.96 Å². The molecule has 0 spiro atoms. The van der Waals surface area contributed by atoms with E-state index < -0.39 is 10.0 Å². The second kappa shape index (κ2) is 9.55. The highest BCUT2D eigenvalue weighted by molar-refractivity contribution is 7.91. The zero-order valence-corrected chi connectivity index (χ0v) is 16.0. The molecule has 1 heterocycles. The Morgan fingerprint density at radius 3 is 2.60 bits per heavy atom. The van der Waals surface area contributed by atoms with Crippen molar-refractivity contribution in [2.24, 2.45) is 4.99 Å². The van der Waals surface area contributed by atoms with Crippen LogP contribution in [0.1, 0.15) is 25.5 Å². The summed E-state index contributed by atoms with van der Waals surface area (Å²) >= 11 is 1.20. The van der Waals surface area contributed by atoms with Crippen molar-refractivity contribution in [3.8, 4) is 0 Å². The molecule has 0 radical (unpaired) electrons. The first-order chi connectivity index (χ1) is 12.0. The van der Waals surface area contributed by atoms with Crippen molar-refractivity contribution in [2.45, 2.75) is 24.1 Å². The normalized spacial score (nSPS) is 13.4. The van der Waals surface area contributed by atoms with Crippen LogP contribution in [0.15, 0.2) is 57.0 Å². The molecule has 0 fully saturated rings. The molecule has 1 atom stereocenters. The van der Waals surface area contributed by atoms with E-state index >= 15 is 0 Å². The largest absolute Gasteiger partial charge is 0.357 e. The minimum absolute atomic E-state index is 0.0989. The summed E-state index contributed by atoms with van der Waals surface area (Å²) in [6.45, 7) is 5.37. The van der Waals surface area contributed by atoms with Crippen molar-refractivity contribution < 1.29 is 8.42 Å². The lowest BCUT2D eigenvalue weighted by Crippen LogP contribution is -2.39. The molecule has 0 aliphatic heterocycles. The standard InChI is InChI=1S/C17H24N4O2S2/c1-3-18-17(21-14(2)15-8-5-4-6-9-15)19-11-12-20-25(22,23)16-10-7-13-24-16/h4-10,13-14,20H,3,11-12H2,1-2H3,(H2,18,19,21). The summed E-state index contributed by atoms with van der Waals surface area (Å²) in [6.07, 6.45) is 0. The molecule has 0 saturated carbocycles. The number of nitrogens with zero attached hydrogens (tertiary/aromatic N) is 1. The molecule has 136 valence electrons. The summed E-state index contributed by atoms with van der Waals surface area (Å²) < 4.78 is 27.0. The molecule has 8 heteroatoms. The van der Waals surface area contributed by atoms with Gasteiger partial charge in [-0.2, -0.15) is 0 Å². The van der Waals surface area contributed by atoms with Crippen molar-refractivity contribution >= 4 is 27.3 Å². The Kier molecular flexibility index (Phi) is 7.42. The van der Waals surface area contributed by atoms with Gasteiger partial charge in [0.1, 0.15) is 4.21 Å². The molecule has 2 aromatic rings. The van der Waals surface area contributed by atoms with E-state index in [4.69, 9.17) is 0 Å². The molecule has 6 nitrogen and oxygen atoms in total. The second-order valence-corrected chi connectivity index (χ2v) is 8.31. The average molecular weight is 381 g/mol. The van der Waals surface area contributed by atoms with Crippen LogP contribution in [0, 0.1) is 0 Å². The Labute approximate surface area is 153 Å². The molecule has 0 bridgehead atoms. The monoisotopic (exact) mass is 380 g/mol. The minimum Gasteiger partial charge on any atom is -0.357 e. The van der Waals surface area contributed by atoms with Gasteiger partial charge in [-0.15, -0.1) is 11.3 Å². The zero-order valence-electron chi connectivity index (χ0n) is 14.4. The Morgan fingerprint density at radius 2 is 1.96 bits per heavy atom. The van der Waals surface area contributed by atoms with Crippen LogP contribution in [0.25, 0.3) is 0 Å². The summed E-state index contributed by atoms with van der Waals surface area (Å²) in [5.41, 5.74) is 1.16. The first-order valence-corrected chi connectivity index (χ1v) is 10.5. The number of hydrogen-bond acceptors (Lipinski definition) is 4. The molecular weight excluding hydrogens is 356 g/mol. The quantitative estimate of drug-likeness (QED) is 0.373. The lowest BCUT2D eigenvalue weighted by atomic mass is 10.1. The predicted octanol–water partition coefficient (Wildman–Crippen LogP) is 2.34. The SMILES string of the molecule is CCNC(=NCCNS(=O)(=O)c1cccs1)NC(C)c1ccccc1. The first-order valence-electron chi connectivity index (χ1n) is 8.16. The summed E-state index contributed by atoms with van der Waals surface area (Å²) in [4.78, 5) is 4.43. The Hall–Kier alpha value is -1.90. The fourth-order valence-electron chi connectivity index (χ4n) is 2.19. The number of sulfonamides is 1. The fourth-order valence-corrected chi connectivity index (χ4v) is 4.24. The Bertz CT molecular complexity index is 759. The highest BCUT2D eigenvalue weighted by atomic mass is 32.2. The lowest BCUT2D eigenvalue weighted by molar-refractivity contribution is 0.584. The van der Waals surface area contributed by atoms with Gasteiger partial charge in [-0.1, -0.05) is 36.4 Å². The van der Waals surface area contributed by atoms with Gasteiger partial charge in [0, 0.05) is 13.1 Å². The predicted molar refractivity (Wildman–Crippen MR) is 103 cm³/mol. The number of thiophene rings is 1. The third-order valence-electron chi connectivity index (χ3n) is 3.43. The van der Waals surface area contributed by atoms with Crippen molar-refractivity contribution in [3.63, 3.8) is 0 Å². The zero-order chi connectivity index (χ0) is 18.1. The second-order valence-electron chi connectivity index (χ2n) is 5.37. The molecule has 2 rings (SSSR count). The molecule has 0 amide bonds. The molecule has 1 aromatic carbocycles. The molecule has 3 N–H and O–H groups in total. The van der Waals surface area contributed by atoms with Crippen LogP contribution in [-0.4, -0.2) is 34.0 Å². The van der Waals surface area contributed by atoms with Gasteiger partial charge in [0.05, 0.1) is 12.6 Å². The van der Waals surface area contributed by atoms with Crippen LogP contribution in [-0.2, 0) is 10.0 Å². The van der Waals surface area contributed by atoms with Gasteiger partial charge in [0.2, 0.25) is 10.0 Å². The summed E-state index contributed by atoms with van der Waals surface area (Å²) in [5.74, 6) is 0.661. The summed E-state index contributed by atoms with van der Waals surface area (Å²) in [5, 5.41) is 8.24. The van der Waals surface area contributed by atoms with Crippen LogP contribution in [0.3, 0.4) is 0 Å². The van der Waals surface area contributed by atoms with E-state index in [1.165, 1.54) is 11.3 Å². The van der Waals surface area contributed by atoms with E-state index in [-0.39, 0.29) is 12.6 Å². The van der Waals surface area contributed by atoms with E-state index in [9.17, 15) is 8.42 Å². The molecule has 0 aliphatic carbocycles. The van der Waals surface area contributed by atoms with Crippen molar-refractivity contribution in [2.75, 3.05) is 19.6 Å². The highest BCUT2D eigenvalue weighted by Gasteiger charge is 2.13. The fraction of sp³-hybridized carbons (Fsp3) is 0.353. The topological polar surface area (TPSA) is 82.6 Å². The van der Waals surface area contributed by atoms with Gasteiger partial charge in [-0.25, -0.2) is 13.1 Å². The summed E-state index contributed by atoms with van der Waals surface area (Å²) in [6, 6.07) is 13.5. The van der Waals surface area contributed by atoms with Crippen LogP contribution >= 0.6 is 11.3 Å². The number of rotatable bonds is 8. The van der Waals surface area contributed by atoms with Crippen LogP contribution in [0.2, 0.25) is 0 Å². The van der Waals surface area contributed by atoms with Gasteiger partial charge >= 0.3 is 0 Å². The Morgan fingerprint density at radius 1 is 1.20 bits per heavy atom. The Balaban J connectivity index is 1.89. The van der Waals surface area contributed by atoms with E-state index in [1.807, 2.05) is 25.1 Å². The number of guanidine groups is 1. The van der Waals surface area contributed by atoms with E-state index in [0.717, 1.165) is 12.1 Å². The maximum absolute atomic E-state index is 12.0. The van der Waals surface area contributed by atoms with Crippen LogP contribution in [0.5, 0.6) is 0 Å².